The van der Waals surface area contributed by atoms with E-state index in [2.05, 4.69) is 24.9 Å². The number of hydrogen-bond acceptors (Lipinski definition) is 4. The quantitative estimate of drug-likeness (QED) is 0.763. The van der Waals surface area contributed by atoms with Gasteiger partial charge in [-0.05, 0) is 31.1 Å². The lowest BCUT2D eigenvalue weighted by molar-refractivity contribution is 0.174. The molecule has 4 nitrogen and oxygen atoms in total. The average molecular weight is 245 g/mol. The van der Waals surface area contributed by atoms with Gasteiger partial charge in [-0.3, -0.25) is 0 Å². The van der Waals surface area contributed by atoms with Crippen LogP contribution >= 0.6 is 0 Å². The summed E-state index contributed by atoms with van der Waals surface area (Å²) in [6, 6.07) is 5.77. The molecule has 0 saturated carbocycles. The highest BCUT2D eigenvalue weighted by molar-refractivity contribution is 5.90. The molecule has 0 aromatic heterocycles. The van der Waals surface area contributed by atoms with E-state index in [1.165, 1.54) is 0 Å². The van der Waals surface area contributed by atoms with Crippen molar-refractivity contribution in [1.82, 2.24) is 0 Å². The molecule has 0 saturated heterocycles. The molecule has 0 spiro atoms. The van der Waals surface area contributed by atoms with Gasteiger partial charge in [-0.1, -0.05) is 13.0 Å². The third-order valence-corrected chi connectivity index (χ3v) is 3.20. The summed E-state index contributed by atoms with van der Waals surface area (Å²) in [6.07, 6.45) is 4.02. The maximum absolute atomic E-state index is 5.73. The Labute approximate surface area is 106 Å². The van der Waals surface area contributed by atoms with Crippen LogP contribution in [-0.4, -0.2) is 18.7 Å². The van der Waals surface area contributed by atoms with Crippen LogP contribution in [0.1, 0.15) is 13.8 Å². The Kier molecular flexibility index (Phi) is 2.70. The lowest BCUT2D eigenvalue weighted by Gasteiger charge is -2.18. The summed E-state index contributed by atoms with van der Waals surface area (Å²) in [4.78, 5) is 4.49. The molecule has 2 aliphatic rings. The SMILES string of the molecule is CC1C=CC(Oc2ccc3c(c2)OCO3)=NC1C. The van der Waals surface area contributed by atoms with Gasteiger partial charge in [-0.2, -0.15) is 0 Å². The topological polar surface area (TPSA) is 40.0 Å². The summed E-state index contributed by atoms with van der Waals surface area (Å²) in [6.45, 7) is 4.49. The highest BCUT2D eigenvalue weighted by Crippen LogP contribution is 2.35. The first kappa shape index (κ1) is 11.1. The molecule has 0 aliphatic carbocycles. The van der Waals surface area contributed by atoms with Gasteiger partial charge in [-0.25, -0.2) is 4.99 Å². The molecule has 0 N–H and O–H groups in total. The molecular formula is C14H15NO3. The molecule has 2 aliphatic heterocycles. The summed E-state index contributed by atoms with van der Waals surface area (Å²) >= 11 is 0. The average Bonchev–Trinajstić information content (AvgIpc) is 2.81. The number of nitrogens with zero attached hydrogens (tertiary/aromatic N) is 1. The van der Waals surface area contributed by atoms with Gasteiger partial charge in [0.15, 0.2) is 11.5 Å². The number of ether oxygens (including phenoxy) is 3. The first-order valence-electron chi connectivity index (χ1n) is 6.06. The molecular weight excluding hydrogens is 230 g/mol. The molecule has 18 heavy (non-hydrogen) atoms. The van der Waals surface area contributed by atoms with Gasteiger partial charge in [0.25, 0.3) is 0 Å². The zero-order valence-electron chi connectivity index (χ0n) is 10.4. The van der Waals surface area contributed by atoms with Crippen molar-refractivity contribution in [2.24, 2.45) is 10.9 Å². The molecule has 0 amide bonds. The van der Waals surface area contributed by atoms with Gasteiger partial charge in [0.05, 0.1) is 6.04 Å². The predicted molar refractivity (Wildman–Crippen MR) is 68.4 cm³/mol. The number of dihydropyridines is 1. The maximum atomic E-state index is 5.73. The molecule has 1 aromatic rings. The van der Waals surface area contributed by atoms with Gasteiger partial charge in [0.2, 0.25) is 12.7 Å². The van der Waals surface area contributed by atoms with Crippen molar-refractivity contribution in [2.45, 2.75) is 19.9 Å². The maximum Gasteiger partial charge on any atom is 0.231 e. The van der Waals surface area contributed by atoms with Crippen molar-refractivity contribution in [2.75, 3.05) is 6.79 Å². The highest BCUT2D eigenvalue weighted by Gasteiger charge is 2.17. The third-order valence-electron chi connectivity index (χ3n) is 3.20. The first-order valence-corrected chi connectivity index (χ1v) is 6.06. The third kappa shape index (κ3) is 2.06. The van der Waals surface area contributed by atoms with Crippen LogP contribution in [-0.2, 0) is 0 Å². The van der Waals surface area contributed by atoms with Gasteiger partial charge in [0, 0.05) is 6.07 Å². The van der Waals surface area contributed by atoms with E-state index in [1.54, 1.807) is 0 Å². The molecule has 0 fully saturated rings. The van der Waals surface area contributed by atoms with E-state index >= 15 is 0 Å². The minimum atomic E-state index is 0.249. The van der Waals surface area contributed by atoms with E-state index in [1.807, 2.05) is 24.3 Å². The Morgan fingerprint density at radius 2 is 2.06 bits per heavy atom. The van der Waals surface area contributed by atoms with Crippen molar-refractivity contribution in [3.05, 3.63) is 30.4 Å². The van der Waals surface area contributed by atoms with E-state index in [4.69, 9.17) is 14.2 Å². The summed E-state index contributed by atoms with van der Waals surface area (Å²) in [5, 5.41) is 0. The van der Waals surface area contributed by atoms with Gasteiger partial charge < -0.3 is 14.2 Å². The fraction of sp³-hybridized carbons (Fsp3) is 0.357. The predicted octanol–water partition coefficient (Wildman–Crippen LogP) is 2.79. The largest absolute Gasteiger partial charge is 0.454 e. The molecule has 4 heteroatoms. The number of fused-ring (bicyclic) bond motifs is 1. The molecule has 2 unspecified atom stereocenters. The van der Waals surface area contributed by atoms with Gasteiger partial charge in [-0.15, -0.1) is 0 Å². The van der Waals surface area contributed by atoms with Crippen molar-refractivity contribution < 1.29 is 14.2 Å². The Balaban J connectivity index is 1.77. The Hall–Kier alpha value is -1.97. The van der Waals surface area contributed by atoms with Crippen LogP contribution < -0.4 is 14.2 Å². The van der Waals surface area contributed by atoms with Crippen molar-refractivity contribution in [3.8, 4) is 17.2 Å². The normalized spacial score (nSPS) is 24.9. The highest BCUT2D eigenvalue weighted by atomic mass is 16.7. The van der Waals surface area contributed by atoms with Gasteiger partial charge >= 0.3 is 0 Å². The number of aliphatic imine (C=N–C) groups is 1. The number of hydrogen-bond donors (Lipinski definition) is 0. The molecule has 0 bridgehead atoms. The summed E-state index contributed by atoms with van der Waals surface area (Å²) < 4.78 is 16.3. The molecule has 94 valence electrons. The lowest BCUT2D eigenvalue weighted by Crippen LogP contribution is -2.19. The monoisotopic (exact) mass is 245 g/mol. The number of benzene rings is 1. The standard InChI is InChI=1S/C14H15NO3/c1-9-3-6-14(15-10(9)2)18-11-4-5-12-13(7-11)17-8-16-12/h3-7,9-10H,8H2,1-2H3. The summed E-state index contributed by atoms with van der Waals surface area (Å²) in [5.41, 5.74) is 0. The second-order valence-electron chi connectivity index (χ2n) is 4.54. The van der Waals surface area contributed by atoms with E-state index in [-0.39, 0.29) is 12.8 Å². The molecule has 3 rings (SSSR count). The van der Waals surface area contributed by atoms with Crippen LogP contribution in [0.2, 0.25) is 0 Å². The Morgan fingerprint density at radius 3 is 2.89 bits per heavy atom. The minimum Gasteiger partial charge on any atom is -0.454 e. The second kappa shape index (κ2) is 4.37. The van der Waals surface area contributed by atoms with Crippen LogP contribution in [0.4, 0.5) is 0 Å². The molecule has 2 atom stereocenters. The molecule has 2 heterocycles. The van der Waals surface area contributed by atoms with E-state index in [0.717, 1.165) is 5.75 Å². The van der Waals surface area contributed by atoms with Crippen molar-refractivity contribution in [3.63, 3.8) is 0 Å². The zero-order chi connectivity index (χ0) is 12.5. The van der Waals surface area contributed by atoms with Crippen molar-refractivity contribution >= 4 is 5.90 Å². The lowest BCUT2D eigenvalue weighted by atomic mass is 10.0. The molecule has 1 aromatic carbocycles. The number of rotatable bonds is 1. The van der Waals surface area contributed by atoms with Gasteiger partial charge in [0.1, 0.15) is 5.75 Å². The Morgan fingerprint density at radius 1 is 1.22 bits per heavy atom. The van der Waals surface area contributed by atoms with Crippen molar-refractivity contribution in [1.29, 1.82) is 0 Å². The van der Waals surface area contributed by atoms with E-state index in [0.29, 0.717) is 23.3 Å². The smallest absolute Gasteiger partial charge is 0.231 e. The fourth-order valence-corrected chi connectivity index (χ4v) is 1.88. The molecule has 0 radical (unpaired) electrons. The van der Waals surface area contributed by atoms with Crippen LogP contribution in [0.5, 0.6) is 17.2 Å². The van der Waals surface area contributed by atoms with Crippen LogP contribution in [0.25, 0.3) is 0 Å². The van der Waals surface area contributed by atoms with Crippen LogP contribution in [0.15, 0.2) is 35.3 Å². The zero-order valence-corrected chi connectivity index (χ0v) is 10.4. The van der Waals surface area contributed by atoms with E-state index < -0.39 is 0 Å². The van der Waals surface area contributed by atoms with E-state index in [9.17, 15) is 0 Å². The van der Waals surface area contributed by atoms with Crippen LogP contribution in [0, 0.1) is 5.92 Å². The first-order chi connectivity index (χ1) is 8.72. The summed E-state index contributed by atoms with van der Waals surface area (Å²) in [7, 11) is 0. The second-order valence-corrected chi connectivity index (χ2v) is 4.54. The Bertz CT molecular complexity index is 522. The van der Waals surface area contributed by atoms with Crippen LogP contribution in [0.3, 0.4) is 0 Å². The fourth-order valence-electron chi connectivity index (χ4n) is 1.88. The minimum absolute atomic E-state index is 0.249. The summed E-state index contributed by atoms with van der Waals surface area (Å²) in [5.74, 6) is 3.28.